The number of H-pyrrole nitrogens is 1. The van der Waals surface area contributed by atoms with E-state index in [-0.39, 0.29) is 17.4 Å². The first-order chi connectivity index (χ1) is 13.7. The van der Waals surface area contributed by atoms with E-state index >= 15 is 0 Å². The fourth-order valence-electron chi connectivity index (χ4n) is 2.26. The molecule has 3 aromatic heterocycles. The summed E-state index contributed by atoms with van der Waals surface area (Å²) in [5.74, 6) is 0.685. The first kappa shape index (κ1) is 21.9. The fourth-order valence-corrected chi connectivity index (χ4v) is 2.26. The number of rotatable bonds is 6. The van der Waals surface area contributed by atoms with Crippen molar-refractivity contribution in [2.24, 2.45) is 0 Å². The molecule has 29 heavy (non-hydrogen) atoms. The van der Waals surface area contributed by atoms with Crippen molar-refractivity contribution in [2.45, 2.75) is 25.9 Å². The number of nitrogens with one attached hydrogen (secondary N) is 3. The van der Waals surface area contributed by atoms with Crippen LogP contribution in [0.15, 0.2) is 35.2 Å². The average Bonchev–Trinajstić information content (AvgIpc) is 3.35. The summed E-state index contributed by atoms with van der Waals surface area (Å²) in [5, 5.41) is 12.1. The number of halogens is 3. The van der Waals surface area contributed by atoms with E-state index in [1.54, 1.807) is 6.20 Å². The Labute approximate surface area is 164 Å². The molecule has 0 saturated heterocycles. The summed E-state index contributed by atoms with van der Waals surface area (Å²) < 4.78 is 41.2. The maximum absolute atomic E-state index is 12.1. The first-order valence-corrected chi connectivity index (χ1v) is 8.62. The highest BCUT2D eigenvalue weighted by Gasteiger charge is 2.26. The van der Waals surface area contributed by atoms with E-state index in [4.69, 9.17) is 4.42 Å². The van der Waals surface area contributed by atoms with Gasteiger partial charge in [-0.1, -0.05) is 13.8 Å². The zero-order valence-corrected chi connectivity index (χ0v) is 16.0. The Morgan fingerprint density at radius 3 is 2.66 bits per heavy atom. The Morgan fingerprint density at radius 2 is 2.10 bits per heavy atom. The lowest BCUT2D eigenvalue weighted by Gasteiger charge is -2.08. The SMILES string of the molecule is CNc1cn[nH]c1C(C)C.O=Cc1coc(-c2ccnc(NCC(F)(F)F)c2)n1. The molecule has 0 spiro atoms. The maximum atomic E-state index is 12.1. The topological polar surface area (TPSA) is 109 Å². The molecule has 0 aliphatic heterocycles. The van der Waals surface area contributed by atoms with Crippen LogP contribution < -0.4 is 10.6 Å². The third-order valence-electron chi connectivity index (χ3n) is 3.64. The predicted octanol–water partition coefficient (Wildman–Crippen LogP) is 4.10. The summed E-state index contributed by atoms with van der Waals surface area (Å²) in [7, 11) is 1.90. The van der Waals surface area contributed by atoms with E-state index in [9.17, 15) is 18.0 Å². The molecule has 156 valence electrons. The van der Waals surface area contributed by atoms with Crippen molar-refractivity contribution in [1.29, 1.82) is 0 Å². The van der Waals surface area contributed by atoms with E-state index in [1.165, 1.54) is 24.0 Å². The largest absolute Gasteiger partial charge is 0.444 e. The second-order valence-electron chi connectivity index (χ2n) is 6.20. The molecule has 0 unspecified atom stereocenters. The van der Waals surface area contributed by atoms with E-state index in [0.717, 1.165) is 12.0 Å². The highest BCUT2D eigenvalue weighted by atomic mass is 19.4. The van der Waals surface area contributed by atoms with Gasteiger partial charge in [0, 0.05) is 18.8 Å². The monoisotopic (exact) mass is 410 g/mol. The van der Waals surface area contributed by atoms with Crippen LogP contribution in [0.2, 0.25) is 0 Å². The van der Waals surface area contributed by atoms with Gasteiger partial charge in [-0.15, -0.1) is 0 Å². The zero-order valence-electron chi connectivity index (χ0n) is 16.0. The van der Waals surface area contributed by atoms with Gasteiger partial charge in [0.1, 0.15) is 24.3 Å². The predicted molar refractivity (Wildman–Crippen MR) is 102 cm³/mol. The van der Waals surface area contributed by atoms with E-state index in [2.05, 4.69) is 44.6 Å². The summed E-state index contributed by atoms with van der Waals surface area (Å²) in [6.07, 6.45) is 0.460. The van der Waals surface area contributed by atoms with Crippen LogP contribution in [0.25, 0.3) is 11.5 Å². The number of nitrogens with zero attached hydrogens (tertiary/aromatic N) is 3. The zero-order chi connectivity index (χ0) is 21.4. The van der Waals surface area contributed by atoms with Crippen LogP contribution >= 0.6 is 0 Å². The molecule has 3 N–H and O–H groups in total. The lowest BCUT2D eigenvalue weighted by molar-refractivity contribution is -0.115. The molecule has 8 nitrogen and oxygen atoms in total. The number of hydrogen-bond acceptors (Lipinski definition) is 7. The number of aromatic amines is 1. The number of alkyl halides is 3. The van der Waals surface area contributed by atoms with Gasteiger partial charge in [-0.2, -0.15) is 18.3 Å². The smallest absolute Gasteiger partial charge is 0.405 e. The van der Waals surface area contributed by atoms with Crippen molar-refractivity contribution in [3.05, 3.63) is 42.2 Å². The Hall–Kier alpha value is -3.37. The Bertz CT molecular complexity index is 920. The summed E-state index contributed by atoms with van der Waals surface area (Å²) in [6, 6.07) is 2.87. The minimum atomic E-state index is -4.33. The molecule has 0 aromatic carbocycles. The van der Waals surface area contributed by atoms with Gasteiger partial charge in [0.25, 0.3) is 0 Å². The Kier molecular flexibility index (Phi) is 7.34. The highest BCUT2D eigenvalue weighted by molar-refractivity contribution is 5.72. The number of oxazole rings is 1. The molecule has 11 heteroatoms. The van der Waals surface area contributed by atoms with Gasteiger partial charge in [-0.05, 0) is 18.1 Å². The summed E-state index contributed by atoms with van der Waals surface area (Å²) in [5.41, 5.74) is 2.79. The third kappa shape index (κ3) is 6.63. The molecule has 0 atom stereocenters. The summed E-state index contributed by atoms with van der Waals surface area (Å²) in [4.78, 5) is 18.0. The van der Waals surface area contributed by atoms with E-state index in [1.807, 2.05) is 7.05 Å². The molecule has 3 heterocycles. The lowest BCUT2D eigenvalue weighted by atomic mass is 10.1. The van der Waals surface area contributed by atoms with Crippen molar-refractivity contribution in [1.82, 2.24) is 20.2 Å². The van der Waals surface area contributed by atoms with Crippen molar-refractivity contribution < 1.29 is 22.4 Å². The van der Waals surface area contributed by atoms with Gasteiger partial charge in [-0.3, -0.25) is 9.89 Å². The Balaban J connectivity index is 0.000000253. The number of pyridine rings is 1. The number of anilines is 2. The maximum Gasteiger partial charge on any atom is 0.405 e. The normalized spacial score (nSPS) is 11.0. The summed E-state index contributed by atoms with van der Waals surface area (Å²) >= 11 is 0. The quantitative estimate of drug-likeness (QED) is 0.525. The second-order valence-corrected chi connectivity index (χ2v) is 6.20. The van der Waals surface area contributed by atoms with E-state index < -0.39 is 12.7 Å². The van der Waals surface area contributed by atoms with Crippen LogP contribution in [-0.4, -0.2) is 46.2 Å². The van der Waals surface area contributed by atoms with Crippen LogP contribution in [0.4, 0.5) is 24.7 Å². The average molecular weight is 410 g/mol. The van der Waals surface area contributed by atoms with Gasteiger partial charge in [0.15, 0.2) is 6.29 Å². The Morgan fingerprint density at radius 1 is 1.34 bits per heavy atom. The number of aromatic nitrogens is 4. The number of carbonyl (C=O) groups is 1. The van der Waals surface area contributed by atoms with Crippen molar-refractivity contribution in [2.75, 3.05) is 24.2 Å². The number of carbonyl (C=O) groups excluding carboxylic acids is 1. The third-order valence-corrected chi connectivity index (χ3v) is 3.64. The van der Waals surface area contributed by atoms with Gasteiger partial charge < -0.3 is 15.1 Å². The molecule has 0 aliphatic carbocycles. The van der Waals surface area contributed by atoms with Crippen LogP contribution in [0.3, 0.4) is 0 Å². The minimum absolute atomic E-state index is 0.0423. The molecule has 0 amide bonds. The molecular weight excluding hydrogens is 389 g/mol. The van der Waals surface area contributed by atoms with Crippen molar-refractivity contribution >= 4 is 17.8 Å². The fraction of sp³-hybridized carbons (Fsp3) is 0.333. The molecule has 0 bridgehead atoms. The van der Waals surface area contributed by atoms with Crippen LogP contribution in [0, 0.1) is 0 Å². The molecule has 3 aromatic rings. The second kappa shape index (κ2) is 9.71. The molecule has 3 rings (SSSR count). The van der Waals surface area contributed by atoms with Gasteiger partial charge >= 0.3 is 6.18 Å². The van der Waals surface area contributed by atoms with Gasteiger partial charge in [0.2, 0.25) is 5.89 Å². The van der Waals surface area contributed by atoms with Crippen LogP contribution in [0.5, 0.6) is 0 Å². The number of hydrogen-bond donors (Lipinski definition) is 3. The standard InChI is InChI=1S/C11H8F3N3O2.C7H13N3/c12-11(13,14)6-16-9-3-7(1-2-15-9)10-17-8(4-18)5-19-10;1-5(2)7-6(8-3)4-9-10-7/h1-5H,6H2,(H,15,16);4-5,8H,1-3H3,(H,9,10). The van der Waals surface area contributed by atoms with Crippen molar-refractivity contribution in [3.8, 4) is 11.5 Å². The van der Waals surface area contributed by atoms with E-state index in [0.29, 0.717) is 17.8 Å². The van der Waals surface area contributed by atoms with Crippen LogP contribution in [-0.2, 0) is 0 Å². The summed E-state index contributed by atoms with van der Waals surface area (Å²) in [6.45, 7) is 3.08. The first-order valence-electron chi connectivity index (χ1n) is 8.62. The molecule has 0 fully saturated rings. The highest BCUT2D eigenvalue weighted by Crippen LogP contribution is 2.22. The molecule has 0 radical (unpaired) electrons. The molecule has 0 aliphatic rings. The molecule has 0 saturated carbocycles. The lowest BCUT2D eigenvalue weighted by Crippen LogP contribution is -2.21. The van der Waals surface area contributed by atoms with Crippen molar-refractivity contribution in [3.63, 3.8) is 0 Å². The minimum Gasteiger partial charge on any atom is -0.444 e. The van der Waals surface area contributed by atoms with Crippen LogP contribution in [0.1, 0.15) is 35.9 Å². The van der Waals surface area contributed by atoms with Gasteiger partial charge in [-0.25, -0.2) is 9.97 Å². The van der Waals surface area contributed by atoms with Gasteiger partial charge in [0.05, 0.1) is 17.6 Å². The number of aldehydes is 1. The molecular formula is C18H21F3N6O2.